The molecule has 5 nitrogen and oxygen atoms in total. The molecule has 0 heterocycles. The molecule has 3 amide bonds. The molecule has 0 saturated carbocycles. The first-order chi connectivity index (χ1) is 3.66. The van der Waals surface area contributed by atoms with Gasteiger partial charge < -0.3 is 0 Å². The highest BCUT2D eigenvalue weighted by Gasteiger charge is 1.95. The summed E-state index contributed by atoms with van der Waals surface area (Å²) >= 11 is 0. The maximum atomic E-state index is 10.1. The molecule has 8 heavy (non-hydrogen) atoms. The van der Waals surface area contributed by atoms with Gasteiger partial charge in [-0.2, -0.15) is 0 Å². The molecule has 0 saturated heterocycles. The first-order valence-electron chi connectivity index (χ1n) is 1.95. The molecule has 0 unspecified atom stereocenters. The van der Waals surface area contributed by atoms with Gasteiger partial charge in [-0.15, -0.1) is 0 Å². The summed E-state index contributed by atoms with van der Waals surface area (Å²) in [5.74, 6) is 4.17. The molecule has 0 spiro atoms. The molecule has 0 atom stereocenters. The van der Waals surface area contributed by atoms with E-state index in [0.717, 1.165) is 0 Å². The number of imide groups is 1. The lowest BCUT2D eigenvalue weighted by Crippen LogP contribution is -2.41. The van der Waals surface area contributed by atoms with Gasteiger partial charge in [0.15, 0.2) is 0 Å². The summed E-state index contributed by atoms with van der Waals surface area (Å²) in [6.45, 7) is 1.22. The molecule has 4 N–H and O–H groups in total. The lowest BCUT2D eigenvalue weighted by atomic mass is 10.7. The van der Waals surface area contributed by atoms with Crippen molar-refractivity contribution in [3.63, 3.8) is 0 Å². The summed E-state index contributed by atoms with van der Waals surface area (Å²) in [7, 11) is 0. The topological polar surface area (TPSA) is 84.2 Å². The summed E-state index contributed by atoms with van der Waals surface area (Å²) in [6.07, 6.45) is 0. The van der Waals surface area contributed by atoms with E-state index in [0.29, 0.717) is 0 Å². The highest BCUT2D eigenvalue weighted by molar-refractivity contribution is 5.92. The zero-order chi connectivity index (χ0) is 6.57. The van der Waals surface area contributed by atoms with E-state index in [1.165, 1.54) is 6.92 Å². The smallest absolute Gasteiger partial charge is 0.277 e. The minimum absolute atomic E-state index is 0.437. The standard InChI is InChI=1S/C3H7N3O2/c1-2(7)5-3(8)6-4/h4H2,1H3,(H2,5,6,7,8). The van der Waals surface area contributed by atoms with Crippen LogP contribution < -0.4 is 16.6 Å². The van der Waals surface area contributed by atoms with Crippen molar-refractivity contribution in [1.82, 2.24) is 10.7 Å². The van der Waals surface area contributed by atoms with Crippen molar-refractivity contribution < 1.29 is 9.59 Å². The van der Waals surface area contributed by atoms with Gasteiger partial charge in [0.1, 0.15) is 0 Å². The molecular weight excluding hydrogens is 110 g/mol. The third-order valence-corrected chi connectivity index (χ3v) is 0.421. The number of urea groups is 1. The molecule has 0 aliphatic rings. The van der Waals surface area contributed by atoms with Gasteiger partial charge in [0.05, 0.1) is 0 Å². The van der Waals surface area contributed by atoms with Crippen LogP contribution in [0.2, 0.25) is 0 Å². The number of hydrogen-bond acceptors (Lipinski definition) is 3. The van der Waals surface area contributed by atoms with Crippen molar-refractivity contribution in [2.24, 2.45) is 5.84 Å². The van der Waals surface area contributed by atoms with Crippen LogP contribution in [0.5, 0.6) is 0 Å². The maximum Gasteiger partial charge on any atom is 0.335 e. The van der Waals surface area contributed by atoms with Crippen LogP contribution in [0.15, 0.2) is 0 Å². The van der Waals surface area contributed by atoms with Crippen LogP contribution in [0.25, 0.3) is 0 Å². The van der Waals surface area contributed by atoms with Crippen molar-refractivity contribution in [1.29, 1.82) is 0 Å². The Morgan fingerprint density at radius 3 is 2.12 bits per heavy atom. The van der Waals surface area contributed by atoms with Crippen molar-refractivity contribution in [3.05, 3.63) is 0 Å². The second kappa shape index (κ2) is 2.98. The van der Waals surface area contributed by atoms with Crippen LogP contribution in [-0.4, -0.2) is 11.9 Å². The van der Waals surface area contributed by atoms with E-state index in [-0.39, 0.29) is 0 Å². The fraction of sp³-hybridized carbons (Fsp3) is 0.333. The summed E-state index contributed by atoms with van der Waals surface area (Å²) in [4.78, 5) is 20.0. The summed E-state index contributed by atoms with van der Waals surface area (Å²) in [5.41, 5.74) is 1.73. The van der Waals surface area contributed by atoms with Gasteiger partial charge in [-0.1, -0.05) is 0 Å². The van der Waals surface area contributed by atoms with Gasteiger partial charge in [-0.25, -0.2) is 10.6 Å². The Labute approximate surface area is 46.2 Å². The van der Waals surface area contributed by atoms with Crippen molar-refractivity contribution in [3.8, 4) is 0 Å². The molecule has 5 heteroatoms. The highest BCUT2D eigenvalue weighted by Crippen LogP contribution is 1.58. The van der Waals surface area contributed by atoms with Crippen molar-refractivity contribution >= 4 is 11.9 Å². The Morgan fingerprint density at radius 2 is 2.00 bits per heavy atom. The van der Waals surface area contributed by atoms with E-state index in [4.69, 9.17) is 0 Å². The normalized spacial score (nSPS) is 7.75. The first-order valence-corrected chi connectivity index (χ1v) is 1.95. The second-order valence-corrected chi connectivity index (χ2v) is 1.15. The van der Waals surface area contributed by atoms with Crippen LogP contribution in [0.3, 0.4) is 0 Å². The van der Waals surface area contributed by atoms with Gasteiger partial charge >= 0.3 is 6.03 Å². The van der Waals surface area contributed by atoms with Crippen LogP contribution in [0.4, 0.5) is 4.79 Å². The van der Waals surface area contributed by atoms with E-state index < -0.39 is 11.9 Å². The number of nitrogens with one attached hydrogen (secondary N) is 2. The Bertz CT molecular complexity index is 111. The summed E-state index contributed by atoms with van der Waals surface area (Å²) in [5, 5.41) is 1.88. The van der Waals surface area contributed by atoms with Crippen molar-refractivity contribution in [2.45, 2.75) is 6.92 Å². The molecule has 0 aliphatic heterocycles. The molecule has 0 aromatic rings. The minimum Gasteiger partial charge on any atom is -0.277 e. The Hall–Kier alpha value is -1.10. The van der Waals surface area contributed by atoms with E-state index in [2.05, 4.69) is 5.84 Å². The number of carbonyl (C=O) groups excluding carboxylic acids is 2. The lowest BCUT2D eigenvalue weighted by molar-refractivity contribution is -0.117. The zero-order valence-electron chi connectivity index (χ0n) is 4.39. The predicted molar refractivity (Wildman–Crippen MR) is 26.5 cm³/mol. The SMILES string of the molecule is CC(=O)NC(=O)NN. The number of hydrogen-bond donors (Lipinski definition) is 3. The van der Waals surface area contributed by atoms with Gasteiger partial charge in [0.25, 0.3) is 0 Å². The van der Waals surface area contributed by atoms with E-state index >= 15 is 0 Å². The Morgan fingerprint density at radius 1 is 1.50 bits per heavy atom. The van der Waals surface area contributed by atoms with Crippen LogP contribution in [0.1, 0.15) is 6.92 Å². The van der Waals surface area contributed by atoms with Gasteiger partial charge in [0, 0.05) is 6.92 Å². The fourth-order valence-electron chi connectivity index (χ4n) is 0.196. The number of amides is 3. The highest BCUT2D eigenvalue weighted by atomic mass is 16.2. The monoisotopic (exact) mass is 117 g/mol. The molecule has 0 aromatic heterocycles. The molecule has 0 aromatic carbocycles. The quantitative estimate of drug-likeness (QED) is 0.209. The fourth-order valence-corrected chi connectivity index (χ4v) is 0.196. The van der Waals surface area contributed by atoms with Gasteiger partial charge in [-0.3, -0.25) is 15.5 Å². The third kappa shape index (κ3) is 3.10. The lowest BCUT2D eigenvalue weighted by Gasteiger charge is -1.95. The number of rotatable bonds is 0. The molecule has 0 aliphatic carbocycles. The van der Waals surface area contributed by atoms with E-state index in [9.17, 15) is 9.59 Å². The summed E-state index contributed by atoms with van der Waals surface area (Å²) in [6, 6.07) is -0.697. The second-order valence-electron chi connectivity index (χ2n) is 1.15. The zero-order valence-corrected chi connectivity index (χ0v) is 4.39. The van der Waals surface area contributed by atoms with Gasteiger partial charge in [-0.05, 0) is 0 Å². The average Bonchev–Trinajstić information content (AvgIpc) is 1.65. The first kappa shape index (κ1) is 6.90. The molecule has 0 bridgehead atoms. The van der Waals surface area contributed by atoms with Crippen LogP contribution >= 0.6 is 0 Å². The Balaban J connectivity index is 3.40. The van der Waals surface area contributed by atoms with Crippen LogP contribution in [-0.2, 0) is 4.79 Å². The average molecular weight is 117 g/mol. The molecular formula is C3H7N3O2. The maximum absolute atomic E-state index is 10.1. The number of carbonyl (C=O) groups is 2. The minimum atomic E-state index is -0.697. The molecule has 46 valence electrons. The van der Waals surface area contributed by atoms with Crippen molar-refractivity contribution in [2.75, 3.05) is 0 Å². The third-order valence-electron chi connectivity index (χ3n) is 0.421. The van der Waals surface area contributed by atoms with E-state index in [1.807, 2.05) is 5.32 Å². The van der Waals surface area contributed by atoms with Gasteiger partial charge in [0.2, 0.25) is 5.91 Å². The molecule has 0 rings (SSSR count). The van der Waals surface area contributed by atoms with Crippen LogP contribution in [0, 0.1) is 0 Å². The molecule has 0 radical (unpaired) electrons. The van der Waals surface area contributed by atoms with E-state index in [1.54, 1.807) is 5.43 Å². The number of hydrazine groups is 1. The summed E-state index contributed by atoms with van der Waals surface area (Å²) < 4.78 is 0. The predicted octanol–water partition coefficient (Wildman–Crippen LogP) is -1.29. The number of nitrogens with two attached hydrogens (primary N) is 1. The largest absolute Gasteiger partial charge is 0.335 e. The molecule has 0 fully saturated rings. The Kier molecular flexibility index (Phi) is 2.57.